The molecule has 2 aromatic carbocycles. The van der Waals surface area contributed by atoms with Gasteiger partial charge in [-0.2, -0.15) is 13.2 Å². The Kier molecular flexibility index (Phi) is 6.19. The molecule has 160 valence electrons. The van der Waals surface area contributed by atoms with Crippen LogP contribution in [0.2, 0.25) is 0 Å². The number of methoxy groups -OCH3 is 2. The Labute approximate surface area is 171 Å². The quantitative estimate of drug-likeness (QED) is 0.759. The fourth-order valence-corrected chi connectivity index (χ4v) is 3.25. The lowest BCUT2D eigenvalue weighted by Crippen LogP contribution is -2.50. The van der Waals surface area contributed by atoms with Crippen LogP contribution in [-0.4, -0.2) is 62.0 Å². The number of ether oxygens (including phenoxy) is 2. The molecule has 0 saturated carbocycles. The second-order valence-corrected chi connectivity index (χ2v) is 6.73. The van der Waals surface area contributed by atoms with Gasteiger partial charge >= 0.3 is 6.18 Å². The van der Waals surface area contributed by atoms with Gasteiger partial charge in [0.1, 0.15) is 0 Å². The van der Waals surface area contributed by atoms with E-state index in [4.69, 9.17) is 9.47 Å². The molecule has 0 N–H and O–H groups in total. The Bertz CT molecular complexity index is 921. The first-order valence-corrected chi connectivity index (χ1v) is 9.22. The standard InChI is InChI=1S/C21H21F3N2O4/c1-29-17-8-5-15(13-18(17)30-2)20(28)26-11-9-25(10-12-26)19(27)14-3-6-16(7-4-14)21(22,23)24/h3-8,13H,9-12H2,1-2H3. The molecule has 0 bridgehead atoms. The van der Waals surface area contributed by atoms with Gasteiger partial charge in [0.05, 0.1) is 19.8 Å². The van der Waals surface area contributed by atoms with Gasteiger partial charge in [-0.05, 0) is 42.5 Å². The molecule has 0 atom stereocenters. The van der Waals surface area contributed by atoms with Crippen LogP contribution in [0.1, 0.15) is 26.3 Å². The number of amides is 2. The van der Waals surface area contributed by atoms with Crippen LogP contribution in [0.15, 0.2) is 42.5 Å². The van der Waals surface area contributed by atoms with Crippen LogP contribution in [0, 0.1) is 0 Å². The van der Waals surface area contributed by atoms with E-state index in [2.05, 4.69) is 0 Å². The van der Waals surface area contributed by atoms with Crippen molar-refractivity contribution in [3.05, 3.63) is 59.2 Å². The Morgan fingerprint density at radius 3 is 1.70 bits per heavy atom. The molecule has 6 nitrogen and oxygen atoms in total. The van der Waals surface area contributed by atoms with Crippen molar-refractivity contribution in [1.82, 2.24) is 9.80 Å². The summed E-state index contributed by atoms with van der Waals surface area (Å²) in [5.74, 6) is 0.403. The molecule has 0 aromatic heterocycles. The van der Waals surface area contributed by atoms with Crippen LogP contribution in [0.4, 0.5) is 13.2 Å². The third-order valence-electron chi connectivity index (χ3n) is 4.94. The van der Waals surface area contributed by atoms with E-state index in [0.717, 1.165) is 12.1 Å². The molecular formula is C21H21F3N2O4. The van der Waals surface area contributed by atoms with Crippen LogP contribution in [0.5, 0.6) is 11.5 Å². The molecule has 1 aliphatic rings. The summed E-state index contributed by atoms with van der Waals surface area (Å²) in [7, 11) is 2.99. The molecule has 0 aliphatic carbocycles. The summed E-state index contributed by atoms with van der Waals surface area (Å²) in [6, 6.07) is 9.02. The van der Waals surface area contributed by atoms with E-state index in [1.807, 2.05) is 0 Å². The van der Waals surface area contributed by atoms with Crippen LogP contribution in [0.25, 0.3) is 0 Å². The van der Waals surface area contributed by atoms with Crippen LogP contribution in [-0.2, 0) is 6.18 Å². The van der Waals surface area contributed by atoms with Crippen molar-refractivity contribution in [3.63, 3.8) is 0 Å². The predicted molar refractivity (Wildman–Crippen MR) is 103 cm³/mol. The monoisotopic (exact) mass is 422 g/mol. The summed E-state index contributed by atoms with van der Waals surface area (Å²) in [6.07, 6.45) is -4.45. The van der Waals surface area contributed by atoms with Gasteiger partial charge in [0.2, 0.25) is 0 Å². The molecule has 3 rings (SSSR count). The maximum atomic E-state index is 12.8. The largest absolute Gasteiger partial charge is 0.493 e. The second kappa shape index (κ2) is 8.64. The third kappa shape index (κ3) is 4.50. The number of nitrogens with zero attached hydrogens (tertiary/aromatic N) is 2. The summed E-state index contributed by atoms with van der Waals surface area (Å²) in [4.78, 5) is 28.5. The van der Waals surface area contributed by atoms with Gasteiger partial charge in [0.25, 0.3) is 11.8 Å². The molecule has 1 saturated heterocycles. The number of alkyl halides is 3. The maximum Gasteiger partial charge on any atom is 0.416 e. The second-order valence-electron chi connectivity index (χ2n) is 6.73. The van der Waals surface area contributed by atoms with Gasteiger partial charge < -0.3 is 19.3 Å². The van der Waals surface area contributed by atoms with Gasteiger partial charge in [0, 0.05) is 37.3 Å². The van der Waals surface area contributed by atoms with Crippen molar-refractivity contribution < 1.29 is 32.2 Å². The first kappa shape index (κ1) is 21.5. The lowest BCUT2D eigenvalue weighted by Gasteiger charge is -2.35. The molecule has 2 aromatic rings. The summed E-state index contributed by atoms with van der Waals surface area (Å²) >= 11 is 0. The molecule has 0 radical (unpaired) electrons. The molecule has 1 heterocycles. The Morgan fingerprint density at radius 1 is 0.767 bits per heavy atom. The maximum absolute atomic E-state index is 12.8. The lowest BCUT2D eigenvalue weighted by molar-refractivity contribution is -0.137. The van der Waals surface area contributed by atoms with Crippen molar-refractivity contribution >= 4 is 11.8 Å². The van der Waals surface area contributed by atoms with Gasteiger partial charge in [0.15, 0.2) is 11.5 Å². The van der Waals surface area contributed by atoms with E-state index in [9.17, 15) is 22.8 Å². The fourth-order valence-electron chi connectivity index (χ4n) is 3.25. The predicted octanol–water partition coefficient (Wildman–Crippen LogP) is 3.32. The van der Waals surface area contributed by atoms with Crippen molar-refractivity contribution in [2.75, 3.05) is 40.4 Å². The molecule has 2 amide bonds. The Morgan fingerprint density at radius 2 is 1.23 bits per heavy atom. The van der Waals surface area contributed by atoms with Crippen LogP contribution in [0.3, 0.4) is 0 Å². The SMILES string of the molecule is COc1ccc(C(=O)N2CCN(C(=O)c3ccc(C(F)(F)F)cc3)CC2)cc1OC. The number of rotatable bonds is 4. The normalized spacial score (nSPS) is 14.4. The van der Waals surface area contributed by atoms with E-state index in [-0.39, 0.29) is 17.4 Å². The number of piperazine rings is 1. The molecule has 1 fully saturated rings. The van der Waals surface area contributed by atoms with Crippen molar-refractivity contribution in [3.8, 4) is 11.5 Å². The average Bonchev–Trinajstić information content (AvgIpc) is 2.77. The van der Waals surface area contributed by atoms with Gasteiger partial charge in [-0.1, -0.05) is 0 Å². The third-order valence-corrected chi connectivity index (χ3v) is 4.94. The minimum atomic E-state index is -4.45. The molecule has 0 spiro atoms. The highest BCUT2D eigenvalue weighted by Gasteiger charge is 2.31. The van der Waals surface area contributed by atoms with Gasteiger partial charge in [-0.25, -0.2) is 0 Å². The highest BCUT2D eigenvalue weighted by molar-refractivity contribution is 5.96. The highest BCUT2D eigenvalue weighted by Crippen LogP contribution is 2.30. The van der Waals surface area contributed by atoms with Crippen molar-refractivity contribution in [2.24, 2.45) is 0 Å². The van der Waals surface area contributed by atoms with E-state index in [1.54, 1.807) is 23.1 Å². The minimum absolute atomic E-state index is 0.183. The molecule has 9 heteroatoms. The summed E-state index contributed by atoms with van der Waals surface area (Å²) < 4.78 is 48.4. The first-order valence-electron chi connectivity index (χ1n) is 9.22. The smallest absolute Gasteiger partial charge is 0.416 e. The number of halogens is 3. The van der Waals surface area contributed by atoms with E-state index >= 15 is 0 Å². The van der Waals surface area contributed by atoms with Gasteiger partial charge in [-0.15, -0.1) is 0 Å². The number of hydrogen-bond acceptors (Lipinski definition) is 4. The van der Waals surface area contributed by atoms with Crippen LogP contribution >= 0.6 is 0 Å². The topological polar surface area (TPSA) is 59.1 Å². The summed E-state index contributed by atoms with van der Waals surface area (Å²) in [5.41, 5.74) is -0.179. The first-order chi connectivity index (χ1) is 14.2. The number of carbonyl (C=O) groups is 2. The lowest BCUT2D eigenvalue weighted by atomic mass is 10.1. The van der Waals surface area contributed by atoms with E-state index < -0.39 is 11.7 Å². The molecule has 0 unspecified atom stereocenters. The van der Waals surface area contributed by atoms with Crippen molar-refractivity contribution in [2.45, 2.75) is 6.18 Å². The molecule has 30 heavy (non-hydrogen) atoms. The molecular weight excluding hydrogens is 401 g/mol. The average molecular weight is 422 g/mol. The molecule has 1 aliphatic heterocycles. The van der Waals surface area contributed by atoms with E-state index in [0.29, 0.717) is 43.2 Å². The fraction of sp³-hybridized carbons (Fsp3) is 0.333. The zero-order valence-corrected chi connectivity index (χ0v) is 16.5. The number of benzene rings is 2. The summed E-state index contributed by atoms with van der Waals surface area (Å²) in [5, 5.41) is 0. The Hall–Kier alpha value is -3.23. The Balaban J connectivity index is 1.63. The number of hydrogen-bond donors (Lipinski definition) is 0. The number of carbonyl (C=O) groups excluding carboxylic acids is 2. The zero-order chi connectivity index (χ0) is 21.9. The summed E-state index contributed by atoms with van der Waals surface area (Å²) in [6.45, 7) is 1.22. The van der Waals surface area contributed by atoms with Crippen molar-refractivity contribution in [1.29, 1.82) is 0 Å². The zero-order valence-electron chi connectivity index (χ0n) is 16.5. The van der Waals surface area contributed by atoms with Gasteiger partial charge in [-0.3, -0.25) is 9.59 Å². The minimum Gasteiger partial charge on any atom is -0.493 e. The van der Waals surface area contributed by atoms with Crippen LogP contribution < -0.4 is 9.47 Å². The highest BCUT2D eigenvalue weighted by atomic mass is 19.4. The van der Waals surface area contributed by atoms with E-state index in [1.165, 1.54) is 31.3 Å².